The first-order chi connectivity index (χ1) is 6.27. The maximum Gasteiger partial charge on any atom is 0.00671 e. The van der Waals surface area contributed by atoms with Gasteiger partial charge in [0, 0.05) is 12.6 Å². The number of rotatable bonds is 0. The second-order valence-electron chi connectivity index (χ2n) is 4.73. The quantitative estimate of drug-likeness (QED) is 0.517. The van der Waals surface area contributed by atoms with Crippen molar-refractivity contribution >= 4 is 0 Å². The van der Waals surface area contributed by atoms with E-state index >= 15 is 0 Å². The van der Waals surface area contributed by atoms with Crippen LogP contribution in [0.4, 0.5) is 0 Å². The molecule has 1 fully saturated rings. The van der Waals surface area contributed by atoms with Crippen LogP contribution in [0.25, 0.3) is 0 Å². The highest BCUT2D eigenvalue weighted by Gasteiger charge is 2.24. The normalized spacial score (nSPS) is 36.3. The van der Waals surface area contributed by atoms with Gasteiger partial charge in [0.2, 0.25) is 0 Å². The summed E-state index contributed by atoms with van der Waals surface area (Å²) in [5.41, 5.74) is 1.77. The van der Waals surface area contributed by atoms with Crippen molar-refractivity contribution in [3.63, 3.8) is 0 Å². The highest BCUT2D eigenvalue weighted by molar-refractivity contribution is 5.12. The zero-order chi connectivity index (χ0) is 9.26. The second kappa shape index (κ2) is 3.83. The summed E-state index contributed by atoms with van der Waals surface area (Å²) in [6, 6.07) is 0.784. The van der Waals surface area contributed by atoms with Gasteiger partial charge in [0.05, 0.1) is 0 Å². The summed E-state index contributed by atoms with van der Waals surface area (Å²) in [4.78, 5) is 2.54. The molecule has 1 aliphatic heterocycles. The average Bonchev–Trinajstić information content (AvgIpc) is 2.28. The van der Waals surface area contributed by atoms with Crippen molar-refractivity contribution in [2.24, 2.45) is 5.92 Å². The number of hydrogen-bond donors (Lipinski definition) is 0. The van der Waals surface area contributed by atoms with Gasteiger partial charge >= 0.3 is 0 Å². The van der Waals surface area contributed by atoms with E-state index in [1.165, 1.54) is 38.6 Å². The molecule has 2 aliphatic rings. The van der Waals surface area contributed by atoms with Gasteiger partial charge in [-0.15, -0.1) is 0 Å². The van der Waals surface area contributed by atoms with Crippen LogP contribution < -0.4 is 0 Å². The fourth-order valence-electron chi connectivity index (χ4n) is 2.64. The molecule has 1 aliphatic carbocycles. The monoisotopic (exact) mass is 179 g/mol. The predicted octanol–water partition coefficient (Wildman–Crippen LogP) is 2.83. The lowest BCUT2D eigenvalue weighted by Crippen LogP contribution is -2.31. The van der Waals surface area contributed by atoms with Gasteiger partial charge in [-0.1, -0.05) is 11.6 Å². The first-order valence-corrected chi connectivity index (χ1v) is 5.66. The fourth-order valence-corrected chi connectivity index (χ4v) is 2.64. The molecule has 0 amide bonds. The summed E-state index contributed by atoms with van der Waals surface area (Å²) in [5.74, 6) is 0.892. The minimum Gasteiger partial charge on any atom is -0.303 e. The van der Waals surface area contributed by atoms with Gasteiger partial charge in [0.25, 0.3) is 0 Å². The highest BCUT2D eigenvalue weighted by Crippen LogP contribution is 2.32. The van der Waals surface area contributed by atoms with Crippen LogP contribution in [0.15, 0.2) is 11.6 Å². The smallest absolute Gasteiger partial charge is 0.00671 e. The van der Waals surface area contributed by atoms with Gasteiger partial charge in [-0.3, -0.25) is 0 Å². The predicted molar refractivity (Wildman–Crippen MR) is 56.8 cm³/mol. The molecule has 2 unspecified atom stereocenters. The molecule has 1 nitrogen and oxygen atoms in total. The van der Waals surface area contributed by atoms with Crippen molar-refractivity contribution in [1.82, 2.24) is 4.90 Å². The number of allylic oxidation sites excluding steroid dienone is 1. The van der Waals surface area contributed by atoms with E-state index < -0.39 is 0 Å². The topological polar surface area (TPSA) is 3.24 Å². The molecule has 2 rings (SSSR count). The van der Waals surface area contributed by atoms with E-state index in [4.69, 9.17) is 0 Å². The summed E-state index contributed by atoms with van der Waals surface area (Å²) in [5, 5.41) is 0. The van der Waals surface area contributed by atoms with E-state index in [1.54, 1.807) is 5.57 Å². The fraction of sp³-hybridized carbons (Fsp3) is 0.833. The number of nitrogens with zero attached hydrogens (tertiary/aromatic N) is 1. The van der Waals surface area contributed by atoms with Gasteiger partial charge in [-0.05, 0) is 52.0 Å². The Morgan fingerprint density at radius 1 is 1.38 bits per heavy atom. The van der Waals surface area contributed by atoms with Crippen LogP contribution in [-0.2, 0) is 0 Å². The summed E-state index contributed by atoms with van der Waals surface area (Å²) >= 11 is 0. The van der Waals surface area contributed by atoms with Crippen molar-refractivity contribution in [2.75, 3.05) is 13.6 Å². The molecule has 1 saturated heterocycles. The van der Waals surface area contributed by atoms with Crippen molar-refractivity contribution < 1.29 is 0 Å². The van der Waals surface area contributed by atoms with Gasteiger partial charge in [-0.2, -0.15) is 0 Å². The molecule has 0 aromatic rings. The standard InChI is InChI=1S/C12H21N/c1-10-7-8-11-5-3-4-6-12(11)9-13(10)2/h5,10,12H,3-4,6-9H2,1-2H3. The van der Waals surface area contributed by atoms with E-state index in [1.807, 2.05) is 0 Å². The Kier molecular flexibility index (Phi) is 2.73. The molecule has 2 atom stereocenters. The maximum absolute atomic E-state index is 2.54. The Morgan fingerprint density at radius 3 is 3.08 bits per heavy atom. The minimum absolute atomic E-state index is 0.784. The molecule has 0 saturated carbocycles. The number of fused-ring (bicyclic) bond motifs is 1. The third kappa shape index (κ3) is 1.96. The third-order valence-corrected chi connectivity index (χ3v) is 3.80. The molecule has 0 bridgehead atoms. The third-order valence-electron chi connectivity index (χ3n) is 3.80. The lowest BCUT2D eigenvalue weighted by atomic mass is 9.86. The van der Waals surface area contributed by atoms with Crippen molar-refractivity contribution in [3.8, 4) is 0 Å². The van der Waals surface area contributed by atoms with E-state index in [0.29, 0.717) is 0 Å². The van der Waals surface area contributed by atoms with Crippen LogP contribution in [0.5, 0.6) is 0 Å². The van der Waals surface area contributed by atoms with Crippen LogP contribution in [0.1, 0.15) is 39.0 Å². The van der Waals surface area contributed by atoms with Crippen LogP contribution in [0, 0.1) is 5.92 Å². The van der Waals surface area contributed by atoms with Crippen LogP contribution in [0.3, 0.4) is 0 Å². The minimum atomic E-state index is 0.784. The van der Waals surface area contributed by atoms with E-state index in [0.717, 1.165) is 12.0 Å². The van der Waals surface area contributed by atoms with Gasteiger partial charge in [0.1, 0.15) is 0 Å². The van der Waals surface area contributed by atoms with Crippen LogP contribution in [-0.4, -0.2) is 24.5 Å². The summed E-state index contributed by atoms with van der Waals surface area (Å²) in [7, 11) is 2.28. The van der Waals surface area contributed by atoms with Gasteiger partial charge < -0.3 is 4.90 Å². The summed E-state index contributed by atoms with van der Waals surface area (Å²) < 4.78 is 0. The van der Waals surface area contributed by atoms with Gasteiger partial charge in [0.15, 0.2) is 0 Å². The molecule has 0 radical (unpaired) electrons. The summed E-state index contributed by atoms with van der Waals surface area (Å²) in [6.45, 7) is 3.66. The number of hydrogen-bond acceptors (Lipinski definition) is 1. The molecule has 13 heavy (non-hydrogen) atoms. The molecule has 0 spiro atoms. The highest BCUT2D eigenvalue weighted by atomic mass is 15.1. The molecule has 0 aromatic heterocycles. The van der Waals surface area contributed by atoms with E-state index in [2.05, 4.69) is 24.9 Å². The van der Waals surface area contributed by atoms with E-state index in [9.17, 15) is 0 Å². The largest absolute Gasteiger partial charge is 0.303 e. The van der Waals surface area contributed by atoms with Gasteiger partial charge in [-0.25, -0.2) is 0 Å². The molecule has 1 heteroatoms. The van der Waals surface area contributed by atoms with Crippen LogP contribution >= 0.6 is 0 Å². The zero-order valence-electron chi connectivity index (χ0n) is 8.92. The SMILES string of the molecule is CC1CCC2=CCCCC2CN1C. The Bertz CT molecular complexity index is 207. The zero-order valence-corrected chi connectivity index (χ0v) is 8.92. The molecule has 0 aromatic carbocycles. The second-order valence-corrected chi connectivity index (χ2v) is 4.73. The molecule has 1 heterocycles. The average molecular weight is 179 g/mol. The Balaban J connectivity index is 2.10. The lowest BCUT2D eigenvalue weighted by Gasteiger charge is -2.26. The Hall–Kier alpha value is -0.300. The Labute approximate surface area is 81.8 Å². The first-order valence-electron chi connectivity index (χ1n) is 5.66. The van der Waals surface area contributed by atoms with Crippen molar-refractivity contribution in [2.45, 2.75) is 45.1 Å². The lowest BCUT2D eigenvalue weighted by molar-refractivity contribution is 0.235. The first kappa shape index (κ1) is 9.26. The van der Waals surface area contributed by atoms with Crippen LogP contribution in [0.2, 0.25) is 0 Å². The van der Waals surface area contributed by atoms with Crippen molar-refractivity contribution in [3.05, 3.63) is 11.6 Å². The molecule has 0 N–H and O–H groups in total. The molecular weight excluding hydrogens is 158 g/mol. The van der Waals surface area contributed by atoms with Crippen molar-refractivity contribution in [1.29, 1.82) is 0 Å². The molecule has 74 valence electrons. The Morgan fingerprint density at radius 2 is 2.23 bits per heavy atom. The number of likely N-dealkylation sites (tertiary alicyclic amines) is 1. The maximum atomic E-state index is 2.54. The molecular formula is C12H21N. The van der Waals surface area contributed by atoms with E-state index in [-0.39, 0.29) is 0 Å². The summed E-state index contributed by atoms with van der Waals surface area (Å²) in [6.07, 6.45) is 9.41.